The topological polar surface area (TPSA) is 55.0 Å². The Morgan fingerprint density at radius 3 is 2.67 bits per heavy atom. The predicted molar refractivity (Wildman–Crippen MR) is 81.7 cm³/mol. The quantitative estimate of drug-likeness (QED) is 0.864. The first-order valence-corrected chi connectivity index (χ1v) is 7.64. The summed E-state index contributed by atoms with van der Waals surface area (Å²) in [5.74, 6) is 0. The number of halogens is 1. The normalized spacial score (nSPS) is 10.7. The lowest BCUT2D eigenvalue weighted by atomic mass is 10.2. The minimum Gasteiger partial charge on any atom is -0.398 e. The molecule has 0 spiro atoms. The van der Waals surface area contributed by atoms with Gasteiger partial charge in [-0.1, -0.05) is 23.1 Å². The Morgan fingerprint density at radius 2 is 2.06 bits per heavy atom. The van der Waals surface area contributed by atoms with Crippen LogP contribution in [0.15, 0.2) is 25.8 Å². The fraction of sp³-hybridized carbons (Fsp3) is 0.273. The molecule has 4 nitrogen and oxygen atoms in total. The highest BCUT2D eigenvalue weighted by molar-refractivity contribution is 9.10. The van der Waals surface area contributed by atoms with E-state index >= 15 is 0 Å². The molecule has 1 aromatic heterocycles. The number of nitrogens with two attached hydrogens (primary N) is 1. The van der Waals surface area contributed by atoms with Gasteiger partial charge in [0, 0.05) is 29.2 Å². The maximum Gasteiger partial charge on any atom is 0.208 e. The molecule has 0 fully saturated rings. The van der Waals surface area contributed by atoms with Gasteiger partial charge < -0.3 is 10.6 Å². The molecule has 0 saturated heterocycles. The van der Waals surface area contributed by atoms with E-state index in [1.54, 1.807) is 23.1 Å². The molecule has 7 heteroatoms. The molecular formula is C11H13BrN4S2. The van der Waals surface area contributed by atoms with Gasteiger partial charge >= 0.3 is 0 Å². The zero-order chi connectivity index (χ0) is 13.3. The molecule has 1 aromatic carbocycles. The molecule has 0 unspecified atom stereocenters. The van der Waals surface area contributed by atoms with Crippen LogP contribution in [0.1, 0.15) is 5.56 Å². The van der Waals surface area contributed by atoms with Crippen LogP contribution in [0, 0.1) is 6.92 Å². The van der Waals surface area contributed by atoms with Gasteiger partial charge in [-0.05, 0) is 40.5 Å². The van der Waals surface area contributed by atoms with Crippen LogP contribution in [0.4, 0.5) is 10.8 Å². The third-order valence-electron chi connectivity index (χ3n) is 2.30. The summed E-state index contributed by atoms with van der Waals surface area (Å²) in [6.45, 7) is 2.00. The summed E-state index contributed by atoms with van der Waals surface area (Å²) < 4.78 is 1.90. The van der Waals surface area contributed by atoms with Crippen LogP contribution in [0.2, 0.25) is 0 Å². The van der Waals surface area contributed by atoms with E-state index in [-0.39, 0.29) is 0 Å². The maximum absolute atomic E-state index is 5.86. The third kappa shape index (κ3) is 2.96. The summed E-state index contributed by atoms with van der Waals surface area (Å²) in [4.78, 5) is 3.05. The average Bonchev–Trinajstić information content (AvgIpc) is 2.74. The van der Waals surface area contributed by atoms with Gasteiger partial charge in [0.2, 0.25) is 5.13 Å². The summed E-state index contributed by atoms with van der Waals surface area (Å²) in [7, 11) is 3.91. The van der Waals surface area contributed by atoms with Crippen LogP contribution in [-0.4, -0.2) is 24.3 Å². The minimum atomic E-state index is 0.789. The third-order valence-corrected chi connectivity index (χ3v) is 5.41. The molecule has 0 bridgehead atoms. The van der Waals surface area contributed by atoms with Crippen molar-refractivity contribution in [2.24, 2.45) is 0 Å². The van der Waals surface area contributed by atoms with Gasteiger partial charge in [-0.15, -0.1) is 10.2 Å². The monoisotopic (exact) mass is 344 g/mol. The molecular weight excluding hydrogens is 332 g/mol. The van der Waals surface area contributed by atoms with Gasteiger partial charge in [-0.2, -0.15) is 0 Å². The lowest BCUT2D eigenvalue weighted by molar-refractivity contribution is 0.972. The number of nitrogen functional groups attached to an aromatic ring is 1. The van der Waals surface area contributed by atoms with Crippen molar-refractivity contribution in [1.82, 2.24) is 10.2 Å². The molecule has 18 heavy (non-hydrogen) atoms. The predicted octanol–water partition coefficient (Wildman–Crippen LogP) is 3.41. The Hall–Kier alpha value is -0.790. The fourth-order valence-electron chi connectivity index (χ4n) is 1.27. The number of anilines is 2. The lowest BCUT2D eigenvalue weighted by Gasteiger charge is -2.06. The summed E-state index contributed by atoms with van der Waals surface area (Å²) in [5, 5.41) is 9.18. The molecule has 0 aliphatic heterocycles. The number of aryl methyl sites for hydroxylation is 1. The number of benzene rings is 1. The number of hydrogen-bond donors (Lipinski definition) is 1. The van der Waals surface area contributed by atoms with Crippen LogP contribution < -0.4 is 10.6 Å². The first-order chi connectivity index (χ1) is 8.47. The van der Waals surface area contributed by atoms with Crippen LogP contribution in [0.25, 0.3) is 0 Å². The second kappa shape index (κ2) is 5.46. The van der Waals surface area contributed by atoms with E-state index in [1.807, 2.05) is 32.0 Å². The fourth-order valence-corrected chi connectivity index (χ4v) is 3.69. The molecule has 0 amide bonds. The first-order valence-electron chi connectivity index (χ1n) is 5.21. The summed E-state index contributed by atoms with van der Waals surface area (Å²) in [5.41, 5.74) is 7.71. The van der Waals surface area contributed by atoms with Crippen molar-refractivity contribution >= 4 is 49.8 Å². The maximum atomic E-state index is 5.86. The summed E-state index contributed by atoms with van der Waals surface area (Å²) in [6, 6.07) is 3.98. The zero-order valence-corrected chi connectivity index (χ0v) is 13.5. The summed E-state index contributed by atoms with van der Waals surface area (Å²) in [6.07, 6.45) is 0. The highest BCUT2D eigenvalue weighted by Gasteiger charge is 2.10. The Labute approximate surface area is 123 Å². The van der Waals surface area contributed by atoms with E-state index in [9.17, 15) is 0 Å². The first kappa shape index (κ1) is 13.6. The van der Waals surface area contributed by atoms with E-state index in [0.717, 1.165) is 30.1 Å². The van der Waals surface area contributed by atoms with E-state index < -0.39 is 0 Å². The number of hydrogen-bond acceptors (Lipinski definition) is 6. The van der Waals surface area contributed by atoms with Crippen molar-refractivity contribution in [2.45, 2.75) is 16.2 Å². The Bertz CT molecular complexity index is 568. The molecule has 0 radical (unpaired) electrons. The smallest absolute Gasteiger partial charge is 0.208 e. The van der Waals surface area contributed by atoms with Crippen LogP contribution >= 0.6 is 39.0 Å². The molecule has 0 aliphatic carbocycles. The van der Waals surface area contributed by atoms with Crippen molar-refractivity contribution in [3.8, 4) is 0 Å². The van der Waals surface area contributed by atoms with Gasteiger partial charge in [0.25, 0.3) is 0 Å². The van der Waals surface area contributed by atoms with Gasteiger partial charge in [0.1, 0.15) is 0 Å². The van der Waals surface area contributed by atoms with Crippen molar-refractivity contribution in [2.75, 3.05) is 24.7 Å². The summed E-state index contributed by atoms with van der Waals surface area (Å²) >= 11 is 6.68. The number of aromatic nitrogens is 2. The van der Waals surface area contributed by atoms with E-state index in [2.05, 4.69) is 32.2 Å². The Kier molecular flexibility index (Phi) is 4.14. The Balaban J connectivity index is 2.25. The van der Waals surface area contributed by atoms with Gasteiger partial charge in [-0.25, -0.2) is 0 Å². The number of nitrogens with zero attached hydrogens (tertiary/aromatic N) is 3. The van der Waals surface area contributed by atoms with Crippen LogP contribution in [0.5, 0.6) is 0 Å². The van der Waals surface area contributed by atoms with E-state index in [4.69, 9.17) is 5.73 Å². The Morgan fingerprint density at radius 1 is 1.33 bits per heavy atom. The molecule has 0 saturated carbocycles. The van der Waals surface area contributed by atoms with Crippen LogP contribution in [0.3, 0.4) is 0 Å². The molecule has 0 atom stereocenters. The van der Waals surface area contributed by atoms with Gasteiger partial charge in [0.05, 0.1) is 0 Å². The van der Waals surface area contributed by atoms with E-state index in [1.165, 1.54) is 0 Å². The SMILES string of the molecule is Cc1cc(Sc2nnc(N(C)C)s2)c(Br)cc1N. The van der Waals surface area contributed by atoms with Gasteiger partial charge in [0.15, 0.2) is 4.34 Å². The molecule has 96 valence electrons. The second-order valence-electron chi connectivity index (χ2n) is 3.99. The molecule has 0 aliphatic rings. The van der Waals surface area contributed by atoms with Crippen molar-refractivity contribution in [3.05, 3.63) is 22.2 Å². The van der Waals surface area contributed by atoms with Crippen molar-refractivity contribution < 1.29 is 0 Å². The lowest BCUT2D eigenvalue weighted by Crippen LogP contribution is -2.07. The minimum absolute atomic E-state index is 0.789. The van der Waals surface area contributed by atoms with Crippen molar-refractivity contribution in [3.63, 3.8) is 0 Å². The second-order valence-corrected chi connectivity index (χ2v) is 7.09. The average molecular weight is 345 g/mol. The largest absolute Gasteiger partial charge is 0.398 e. The highest BCUT2D eigenvalue weighted by atomic mass is 79.9. The molecule has 2 N–H and O–H groups in total. The molecule has 1 heterocycles. The van der Waals surface area contributed by atoms with Crippen molar-refractivity contribution in [1.29, 1.82) is 0 Å². The molecule has 2 rings (SSSR count). The highest BCUT2D eigenvalue weighted by Crippen LogP contribution is 2.38. The molecule has 2 aromatic rings. The zero-order valence-electron chi connectivity index (χ0n) is 10.3. The van der Waals surface area contributed by atoms with Gasteiger partial charge in [-0.3, -0.25) is 0 Å². The van der Waals surface area contributed by atoms with E-state index in [0.29, 0.717) is 0 Å². The number of rotatable bonds is 3. The van der Waals surface area contributed by atoms with Crippen LogP contribution in [-0.2, 0) is 0 Å². The standard InChI is InChI=1S/C11H13BrN4S2/c1-6-4-9(7(12)5-8(6)13)17-11-15-14-10(18-11)16(2)3/h4-5H,13H2,1-3H3.